The van der Waals surface area contributed by atoms with Crippen LogP contribution < -0.4 is 15.0 Å². The first-order valence-corrected chi connectivity index (χ1v) is 10.6. The molecule has 27 heavy (non-hydrogen) atoms. The summed E-state index contributed by atoms with van der Waals surface area (Å²) in [5.41, 5.74) is 3.69. The van der Waals surface area contributed by atoms with Crippen LogP contribution in [0.25, 0.3) is 0 Å². The molecule has 0 bridgehead atoms. The number of aryl methyl sites for hydroxylation is 1. The third kappa shape index (κ3) is 2.91. The first-order valence-electron chi connectivity index (χ1n) is 9.76. The lowest BCUT2D eigenvalue weighted by atomic mass is 9.89. The fraction of sp³-hybridized carbons (Fsp3) is 0.476. The van der Waals surface area contributed by atoms with Gasteiger partial charge in [0.05, 0.1) is 25.0 Å². The summed E-state index contributed by atoms with van der Waals surface area (Å²) < 4.78 is 5.43. The lowest BCUT2D eigenvalue weighted by molar-refractivity contribution is -0.115. The fourth-order valence-electron chi connectivity index (χ4n) is 5.03. The van der Waals surface area contributed by atoms with E-state index in [1.165, 1.54) is 16.1 Å². The molecule has 0 saturated carbocycles. The third-order valence-corrected chi connectivity index (χ3v) is 7.17. The summed E-state index contributed by atoms with van der Waals surface area (Å²) >= 11 is 1.79. The minimum atomic E-state index is 0.118. The van der Waals surface area contributed by atoms with Crippen molar-refractivity contribution >= 4 is 28.6 Å². The predicted octanol–water partition coefficient (Wildman–Crippen LogP) is 3.32. The van der Waals surface area contributed by atoms with Crippen LogP contribution in [0.5, 0.6) is 5.75 Å². The summed E-state index contributed by atoms with van der Waals surface area (Å²) in [6, 6.07) is 8.91. The molecule has 3 aliphatic rings. The van der Waals surface area contributed by atoms with Gasteiger partial charge < -0.3 is 19.9 Å². The number of nitrogens with zero attached hydrogens (tertiary/aromatic N) is 2. The zero-order valence-electron chi connectivity index (χ0n) is 15.6. The van der Waals surface area contributed by atoms with Crippen LogP contribution in [0.3, 0.4) is 0 Å². The Balaban J connectivity index is 1.27. The van der Waals surface area contributed by atoms with Crippen LogP contribution in [0, 0.1) is 0 Å². The highest BCUT2D eigenvalue weighted by Gasteiger charge is 2.44. The Morgan fingerprint density at radius 2 is 2.26 bits per heavy atom. The van der Waals surface area contributed by atoms with E-state index in [9.17, 15) is 4.79 Å². The summed E-state index contributed by atoms with van der Waals surface area (Å²) in [5, 5.41) is 5.16. The first-order chi connectivity index (χ1) is 13.2. The van der Waals surface area contributed by atoms with Gasteiger partial charge >= 0.3 is 0 Å². The smallest absolute Gasteiger partial charge is 0.243 e. The van der Waals surface area contributed by atoms with Crippen LogP contribution in [0.1, 0.15) is 29.2 Å². The number of rotatable bonds is 5. The molecular weight excluding hydrogens is 358 g/mol. The van der Waals surface area contributed by atoms with Gasteiger partial charge in [-0.2, -0.15) is 0 Å². The van der Waals surface area contributed by atoms with Gasteiger partial charge in [0, 0.05) is 29.9 Å². The SMILES string of the molecule is COc1ccsc1CCCN1CC[C@H]2[C@@H](C1)c1cccc3c1N2CC(=O)N3. The molecule has 3 aliphatic heterocycles. The van der Waals surface area contributed by atoms with Gasteiger partial charge in [-0.05, 0) is 48.9 Å². The molecule has 6 heteroatoms. The highest BCUT2D eigenvalue weighted by molar-refractivity contribution is 7.10. The fourth-order valence-corrected chi connectivity index (χ4v) is 5.92. The number of hydrogen-bond acceptors (Lipinski definition) is 5. The molecule has 1 saturated heterocycles. The van der Waals surface area contributed by atoms with Gasteiger partial charge in [-0.3, -0.25) is 4.79 Å². The highest BCUT2D eigenvalue weighted by Crippen LogP contribution is 2.49. The van der Waals surface area contributed by atoms with Gasteiger partial charge in [0.2, 0.25) is 5.91 Å². The second kappa shape index (κ2) is 6.84. The summed E-state index contributed by atoms with van der Waals surface area (Å²) in [4.78, 5) is 18.4. The molecule has 2 atom stereocenters. The van der Waals surface area contributed by atoms with Gasteiger partial charge in [-0.15, -0.1) is 11.3 Å². The number of carbonyl (C=O) groups is 1. The highest BCUT2D eigenvalue weighted by atomic mass is 32.1. The number of fused-ring (bicyclic) bond motifs is 3. The van der Waals surface area contributed by atoms with Crippen molar-refractivity contribution in [2.75, 3.05) is 43.5 Å². The Morgan fingerprint density at radius 1 is 1.33 bits per heavy atom. The van der Waals surface area contributed by atoms with E-state index in [-0.39, 0.29) is 5.91 Å². The molecule has 0 radical (unpaired) electrons. The number of methoxy groups -OCH3 is 1. The van der Waals surface area contributed by atoms with Crippen LogP contribution in [-0.2, 0) is 11.2 Å². The maximum absolute atomic E-state index is 12.1. The zero-order chi connectivity index (χ0) is 18.4. The van der Waals surface area contributed by atoms with Crippen molar-refractivity contribution in [3.05, 3.63) is 40.1 Å². The van der Waals surface area contributed by atoms with E-state index in [0.717, 1.165) is 50.3 Å². The number of nitrogens with one attached hydrogen (secondary N) is 1. The quantitative estimate of drug-likeness (QED) is 0.860. The van der Waals surface area contributed by atoms with Crippen molar-refractivity contribution in [3.8, 4) is 5.75 Å². The number of likely N-dealkylation sites (tertiary alicyclic amines) is 1. The molecule has 2 aromatic rings. The maximum atomic E-state index is 12.1. The van der Waals surface area contributed by atoms with Gasteiger partial charge in [-0.1, -0.05) is 12.1 Å². The number of ether oxygens (including phenoxy) is 1. The predicted molar refractivity (Wildman–Crippen MR) is 109 cm³/mol. The van der Waals surface area contributed by atoms with Gasteiger partial charge in [0.25, 0.3) is 0 Å². The van der Waals surface area contributed by atoms with E-state index in [4.69, 9.17) is 4.74 Å². The van der Waals surface area contributed by atoms with E-state index >= 15 is 0 Å². The summed E-state index contributed by atoms with van der Waals surface area (Å²) in [6.07, 6.45) is 3.37. The van der Waals surface area contributed by atoms with Crippen LogP contribution in [0.15, 0.2) is 29.6 Å². The Hall–Kier alpha value is -2.05. The monoisotopic (exact) mass is 383 g/mol. The van der Waals surface area contributed by atoms with Crippen molar-refractivity contribution in [3.63, 3.8) is 0 Å². The number of benzene rings is 1. The average Bonchev–Trinajstić information content (AvgIpc) is 3.26. The van der Waals surface area contributed by atoms with Gasteiger partial charge in [-0.25, -0.2) is 0 Å². The average molecular weight is 384 g/mol. The lowest BCUT2D eigenvalue weighted by Gasteiger charge is -2.39. The van der Waals surface area contributed by atoms with Crippen molar-refractivity contribution in [2.45, 2.75) is 31.2 Å². The topological polar surface area (TPSA) is 44.8 Å². The largest absolute Gasteiger partial charge is 0.496 e. The van der Waals surface area contributed by atoms with Crippen molar-refractivity contribution in [1.82, 2.24) is 4.90 Å². The normalized spacial score (nSPS) is 23.7. The number of carbonyl (C=O) groups excluding carboxylic acids is 1. The molecule has 4 heterocycles. The molecule has 1 aromatic heterocycles. The summed E-state index contributed by atoms with van der Waals surface area (Å²) in [7, 11) is 1.75. The Labute approximate surface area is 163 Å². The second-order valence-electron chi connectivity index (χ2n) is 7.70. The molecule has 0 spiro atoms. The lowest BCUT2D eigenvalue weighted by Crippen LogP contribution is -2.49. The van der Waals surface area contributed by atoms with Crippen molar-refractivity contribution in [2.24, 2.45) is 0 Å². The van der Waals surface area contributed by atoms with E-state index in [1.54, 1.807) is 18.4 Å². The van der Waals surface area contributed by atoms with Crippen LogP contribution in [0.2, 0.25) is 0 Å². The van der Waals surface area contributed by atoms with Gasteiger partial charge in [0.15, 0.2) is 0 Å². The number of thiophene rings is 1. The molecule has 5 rings (SSSR count). The van der Waals surface area contributed by atoms with E-state index < -0.39 is 0 Å². The maximum Gasteiger partial charge on any atom is 0.243 e. The number of para-hydroxylation sites is 1. The Kier molecular flexibility index (Phi) is 4.32. The van der Waals surface area contributed by atoms with Crippen molar-refractivity contribution in [1.29, 1.82) is 0 Å². The first kappa shape index (κ1) is 17.1. The molecule has 1 amide bonds. The Morgan fingerprint density at radius 3 is 3.15 bits per heavy atom. The molecule has 1 aromatic carbocycles. The molecule has 1 fully saturated rings. The van der Waals surface area contributed by atoms with Crippen LogP contribution in [-0.4, -0.2) is 50.1 Å². The molecule has 1 N–H and O–H groups in total. The molecule has 0 aliphatic carbocycles. The minimum absolute atomic E-state index is 0.118. The third-order valence-electron chi connectivity index (χ3n) is 6.21. The van der Waals surface area contributed by atoms with E-state index in [0.29, 0.717) is 18.5 Å². The minimum Gasteiger partial charge on any atom is -0.496 e. The molecular formula is C21H25N3O2S. The number of amides is 1. The van der Waals surface area contributed by atoms with Crippen LogP contribution in [0.4, 0.5) is 11.4 Å². The number of anilines is 2. The number of hydrogen-bond donors (Lipinski definition) is 1. The van der Waals surface area contributed by atoms with E-state index in [1.807, 2.05) is 6.07 Å². The number of piperidine rings is 1. The molecule has 142 valence electrons. The Bertz CT molecular complexity index is 865. The molecule has 5 nitrogen and oxygen atoms in total. The summed E-state index contributed by atoms with van der Waals surface area (Å²) in [5.74, 6) is 1.66. The van der Waals surface area contributed by atoms with Crippen molar-refractivity contribution < 1.29 is 9.53 Å². The van der Waals surface area contributed by atoms with Crippen LogP contribution >= 0.6 is 11.3 Å². The summed E-state index contributed by atoms with van der Waals surface area (Å²) in [6.45, 7) is 3.83. The van der Waals surface area contributed by atoms with Gasteiger partial charge in [0.1, 0.15) is 5.75 Å². The zero-order valence-corrected chi connectivity index (χ0v) is 16.4. The standard InChI is InChI=1S/C21H25N3O2S/c1-26-18-8-11-27-19(18)6-3-9-23-10-7-17-15(12-23)14-4-2-5-16-21(14)24(17)13-20(25)22-16/h2,4-5,8,11,15,17H,3,6-7,9-10,12-13H2,1H3,(H,22,25)/t15-,17-/m0/s1. The second-order valence-corrected chi connectivity index (χ2v) is 8.70. The van der Waals surface area contributed by atoms with E-state index in [2.05, 4.69) is 38.7 Å². The molecule has 0 unspecified atom stereocenters.